The van der Waals surface area contributed by atoms with Crippen LogP contribution in [0.2, 0.25) is 0 Å². The molecule has 0 spiro atoms. The normalized spacial score (nSPS) is 16.5. The molecule has 0 aliphatic carbocycles. The van der Waals surface area contributed by atoms with Crippen LogP contribution in [0.5, 0.6) is 0 Å². The summed E-state index contributed by atoms with van der Waals surface area (Å²) in [5, 5.41) is 17.1. The molecule has 4 rings (SSSR count). The van der Waals surface area contributed by atoms with Gasteiger partial charge in [0, 0.05) is 31.9 Å². The highest BCUT2D eigenvalue weighted by Crippen LogP contribution is 2.36. The van der Waals surface area contributed by atoms with Crippen molar-refractivity contribution >= 4 is 15.7 Å². The van der Waals surface area contributed by atoms with E-state index in [9.17, 15) is 22.5 Å². The van der Waals surface area contributed by atoms with Crippen LogP contribution in [0.4, 0.5) is 8.78 Å². The molecule has 152 valence electrons. The topological polar surface area (TPSA) is 109 Å². The molecule has 0 aromatic carbocycles. The third-order valence-corrected chi connectivity index (χ3v) is 7.14. The Morgan fingerprint density at radius 1 is 1.28 bits per heavy atom. The molecule has 0 amide bonds. The van der Waals surface area contributed by atoms with Gasteiger partial charge in [-0.15, -0.1) is 0 Å². The van der Waals surface area contributed by atoms with E-state index in [4.69, 9.17) is 0 Å². The van der Waals surface area contributed by atoms with Crippen LogP contribution in [0.25, 0.3) is 5.65 Å². The van der Waals surface area contributed by atoms with Crippen molar-refractivity contribution in [2.24, 2.45) is 7.05 Å². The van der Waals surface area contributed by atoms with Crippen LogP contribution in [-0.2, 0) is 17.1 Å². The second kappa shape index (κ2) is 7.16. The molecule has 0 atom stereocenters. The lowest BCUT2D eigenvalue weighted by atomic mass is 9.88. The fraction of sp³-hybridized carbons (Fsp3) is 0.412. The first-order valence-corrected chi connectivity index (χ1v) is 10.3. The number of fused-ring (bicyclic) bond motifs is 1. The zero-order valence-corrected chi connectivity index (χ0v) is 16.2. The molecule has 3 aromatic rings. The first kappa shape index (κ1) is 19.4. The number of hydrogen-bond acceptors (Lipinski definition) is 6. The highest BCUT2D eigenvalue weighted by atomic mass is 32.2. The molecule has 1 fully saturated rings. The smallest absolute Gasteiger partial charge is 0.257 e. The Labute approximate surface area is 165 Å². The van der Waals surface area contributed by atoms with E-state index in [1.54, 1.807) is 6.20 Å². The Morgan fingerprint density at radius 3 is 2.66 bits per heavy atom. The minimum Gasteiger partial charge on any atom is -0.257 e. The Morgan fingerprint density at radius 2 is 2.00 bits per heavy atom. The molecule has 0 bridgehead atoms. The van der Waals surface area contributed by atoms with Gasteiger partial charge in [0.1, 0.15) is 17.3 Å². The Kier molecular flexibility index (Phi) is 4.79. The van der Waals surface area contributed by atoms with E-state index in [-0.39, 0.29) is 35.2 Å². The molecular weight excluding hydrogens is 404 g/mol. The maximum atomic E-state index is 13.6. The van der Waals surface area contributed by atoms with Crippen molar-refractivity contribution < 1.29 is 17.2 Å². The van der Waals surface area contributed by atoms with E-state index >= 15 is 0 Å². The third kappa shape index (κ3) is 3.26. The Balaban J connectivity index is 1.59. The summed E-state index contributed by atoms with van der Waals surface area (Å²) in [7, 11) is -2.39. The number of aryl methyl sites for hydroxylation is 1. The standard InChI is InChI=1S/C17H17F2N7O2S/c1-24-14(7-20)15(8-22-24)29(27,28)25-4-2-11(3-5-25)13-9-26-16(21-10-23-26)6-12(13)17(18)19/h6,8-11,17H,2-5H2,1H3. The number of sulfonamides is 1. The zero-order valence-electron chi connectivity index (χ0n) is 15.4. The predicted molar refractivity (Wildman–Crippen MR) is 96.6 cm³/mol. The zero-order chi connectivity index (χ0) is 20.8. The number of piperidine rings is 1. The van der Waals surface area contributed by atoms with Gasteiger partial charge >= 0.3 is 0 Å². The van der Waals surface area contributed by atoms with Gasteiger partial charge in [-0.05, 0) is 30.4 Å². The number of alkyl halides is 2. The van der Waals surface area contributed by atoms with Crippen LogP contribution in [0, 0.1) is 11.3 Å². The first-order valence-electron chi connectivity index (χ1n) is 8.86. The molecule has 0 unspecified atom stereocenters. The van der Waals surface area contributed by atoms with Crippen LogP contribution in [0.15, 0.2) is 29.7 Å². The molecule has 0 radical (unpaired) electrons. The van der Waals surface area contributed by atoms with Gasteiger partial charge in [-0.25, -0.2) is 26.7 Å². The highest BCUT2D eigenvalue weighted by molar-refractivity contribution is 7.89. The third-order valence-electron chi connectivity index (χ3n) is 5.24. The lowest BCUT2D eigenvalue weighted by Gasteiger charge is -2.32. The largest absolute Gasteiger partial charge is 0.264 e. The number of nitriles is 1. The number of hydrogen-bond donors (Lipinski definition) is 0. The number of pyridine rings is 1. The van der Waals surface area contributed by atoms with Gasteiger partial charge in [0.25, 0.3) is 6.43 Å². The van der Waals surface area contributed by atoms with Gasteiger partial charge in [-0.1, -0.05) is 0 Å². The maximum absolute atomic E-state index is 13.6. The van der Waals surface area contributed by atoms with E-state index < -0.39 is 16.4 Å². The SMILES string of the molecule is Cn1ncc(S(=O)(=O)N2CCC(c3cn4ncnc4cc3C(F)F)CC2)c1C#N. The molecule has 1 saturated heterocycles. The summed E-state index contributed by atoms with van der Waals surface area (Å²) in [5.74, 6) is -0.233. The van der Waals surface area contributed by atoms with Crippen molar-refractivity contribution in [3.63, 3.8) is 0 Å². The summed E-state index contributed by atoms with van der Waals surface area (Å²) in [6.07, 6.45) is 2.09. The van der Waals surface area contributed by atoms with Gasteiger partial charge in [0.15, 0.2) is 11.3 Å². The number of rotatable bonds is 4. The van der Waals surface area contributed by atoms with Crippen molar-refractivity contribution in [2.75, 3.05) is 13.1 Å². The molecule has 4 heterocycles. The van der Waals surface area contributed by atoms with E-state index in [1.165, 1.54) is 32.9 Å². The number of halogens is 2. The van der Waals surface area contributed by atoms with Gasteiger partial charge in [0.05, 0.1) is 6.20 Å². The fourth-order valence-corrected chi connectivity index (χ4v) is 5.27. The fourth-order valence-electron chi connectivity index (χ4n) is 3.70. The number of aromatic nitrogens is 5. The molecule has 9 nitrogen and oxygen atoms in total. The summed E-state index contributed by atoms with van der Waals surface area (Å²) in [6.45, 7) is 0.315. The van der Waals surface area contributed by atoms with Crippen LogP contribution >= 0.6 is 0 Å². The van der Waals surface area contributed by atoms with Crippen LogP contribution in [-0.4, -0.2) is 50.2 Å². The second-order valence-corrected chi connectivity index (χ2v) is 8.73. The predicted octanol–water partition coefficient (Wildman–Crippen LogP) is 1.84. The van der Waals surface area contributed by atoms with Crippen LogP contribution in [0.3, 0.4) is 0 Å². The minimum absolute atomic E-state index is 0.0382. The highest BCUT2D eigenvalue weighted by Gasteiger charge is 2.34. The van der Waals surface area contributed by atoms with E-state index in [0.29, 0.717) is 24.1 Å². The van der Waals surface area contributed by atoms with E-state index in [2.05, 4.69) is 15.2 Å². The number of nitrogens with zero attached hydrogens (tertiary/aromatic N) is 7. The molecule has 12 heteroatoms. The van der Waals surface area contributed by atoms with Crippen molar-refractivity contribution in [3.8, 4) is 6.07 Å². The lowest BCUT2D eigenvalue weighted by molar-refractivity contribution is 0.148. The van der Waals surface area contributed by atoms with Crippen molar-refractivity contribution in [2.45, 2.75) is 30.1 Å². The summed E-state index contributed by atoms with van der Waals surface area (Å²) in [5.41, 5.74) is 0.647. The molecule has 0 saturated carbocycles. The average molecular weight is 421 g/mol. The van der Waals surface area contributed by atoms with Gasteiger partial charge in [0.2, 0.25) is 10.0 Å². The molecule has 29 heavy (non-hydrogen) atoms. The van der Waals surface area contributed by atoms with Gasteiger partial charge in [-0.2, -0.15) is 19.8 Å². The maximum Gasteiger partial charge on any atom is 0.264 e. The summed E-state index contributed by atoms with van der Waals surface area (Å²) in [4.78, 5) is 3.80. The molecule has 1 aliphatic heterocycles. The quantitative estimate of drug-likeness (QED) is 0.636. The minimum atomic E-state index is -3.89. The first-order chi connectivity index (χ1) is 13.8. The molecule has 1 aliphatic rings. The second-order valence-electron chi connectivity index (χ2n) is 6.82. The monoisotopic (exact) mass is 421 g/mol. The van der Waals surface area contributed by atoms with Crippen molar-refractivity contribution in [1.82, 2.24) is 28.7 Å². The Hall–Kier alpha value is -2.91. The van der Waals surface area contributed by atoms with Gasteiger partial charge in [-0.3, -0.25) is 4.68 Å². The van der Waals surface area contributed by atoms with Crippen molar-refractivity contribution in [1.29, 1.82) is 5.26 Å². The molecule has 3 aromatic heterocycles. The average Bonchev–Trinajstić information content (AvgIpc) is 3.32. The van der Waals surface area contributed by atoms with E-state index in [0.717, 1.165) is 6.20 Å². The van der Waals surface area contributed by atoms with Crippen LogP contribution < -0.4 is 0 Å². The summed E-state index contributed by atoms with van der Waals surface area (Å²) in [6, 6.07) is 3.18. The summed E-state index contributed by atoms with van der Waals surface area (Å²) < 4.78 is 56.9. The molecular formula is C17H17F2N7O2S. The van der Waals surface area contributed by atoms with Crippen molar-refractivity contribution in [3.05, 3.63) is 41.6 Å². The molecule has 0 N–H and O–H groups in total. The lowest BCUT2D eigenvalue weighted by Crippen LogP contribution is -2.38. The Bertz CT molecular complexity index is 1200. The van der Waals surface area contributed by atoms with Gasteiger partial charge < -0.3 is 0 Å². The van der Waals surface area contributed by atoms with Crippen LogP contribution in [0.1, 0.15) is 42.0 Å². The summed E-state index contributed by atoms with van der Waals surface area (Å²) >= 11 is 0. The van der Waals surface area contributed by atoms with E-state index in [1.807, 2.05) is 6.07 Å².